The van der Waals surface area contributed by atoms with E-state index in [1.807, 2.05) is 18.2 Å². The lowest BCUT2D eigenvalue weighted by Gasteiger charge is -2.46. The maximum Gasteiger partial charge on any atom is 0.122 e. The van der Waals surface area contributed by atoms with Crippen LogP contribution in [0.4, 0.5) is 0 Å². The molecule has 0 saturated carbocycles. The highest BCUT2D eigenvalue weighted by atomic mass is 79.9. The highest BCUT2D eigenvalue weighted by Gasteiger charge is 2.38. The molecule has 106 valence electrons. The van der Waals surface area contributed by atoms with E-state index in [-0.39, 0.29) is 17.2 Å². The zero-order valence-electron chi connectivity index (χ0n) is 11.9. The van der Waals surface area contributed by atoms with Crippen molar-refractivity contribution in [2.45, 2.75) is 57.7 Å². The van der Waals surface area contributed by atoms with Crippen LogP contribution in [0.15, 0.2) is 22.7 Å². The van der Waals surface area contributed by atoms with Gasteiger partial charge in [0, 0.05) is 33.4 Å². The van der Waals surface area contributed by atoms with Crippen LogP contribution in [0.5, 0.6) is 5.75 Å². The van der Waals surface area contributed by atoms with Crippen LogP contribution < -0.4 is 10.1 Å². The molecule has 1 aromatic carbocycles. The van der Waals surface area contributed by atoms with Crippen molar-refractivity contribution in [2.24, 2.45) is 0 Å². The number of hydrogen-bond acceptors (Lipinski definition) is 2. The van der Waals surface area contributed by atoms with E-state index in [0.717, 1.165) is 23.1 Å². The molecule has 1 aliphatic rings. The van der Waals surface area contributed by atoms with Gasteiger partial charge in [0.1, 0.15) is 11.9 Å². The first-order chi connectivity index (χ1) is 8.65. The van der Waals surface area contributed by atoms with Crippen LogP contribution in [0.2, 0.25) is 5.02 Å². The first-order valence-electron chi connectivity index (χ1n) is 6.57. The molecule has 0 radical (unpaired) electrons. The van der Waals surface area contributed by atoms with Gasteiger partial charge in [0.05, 0.1) is 0 Å². The molecule has 1 aliphatic heterocycles. The standard InChI is InChI=1S/C15H21BrClNO/c1-14(2)8-13(9-15(3,4)18-14)19-12-6-10(16)5-11(17)7-12/h5-7,13,18H,8-9H2,1-4H3. The molecule has 0 atom stereocenters. The van der Waals surface area contributed by atoms with E-state index in [4.69, 9.17) is 16.3 Å². The molecule has 1 aromatic rings. The Hall–Kier alpha value is -0.250. The summed E-state index contributed by atoms with van der Waals surface area (Å²) in [7, 11) is 0. The first-order valence-corrected chi connectivity index (χ1v) is 7.74. The van der Waals surface area contributed by atoms with Crippen LogP contribution in [0.1, 0.15) is 40.5 Å². The van der Waals surface area contributed by atoms with Gasteiger partial charge in [-0.2, -0.15) is 0 Å². The van der Waals surface area contributed by atoms with Gasteiger partial charge in [0.2, 0.25) is 0 Å². The average molecular weight is 347 g/mol. The van der Waals surface area contributed by atoms with Crippen molar-refractivity contribution in [2.75, 3.05) is 0 Å². The molecule has 2 rings (SSSR count). The summed E-state index contributed by atoms with van der Waals surface area (Å²) in [6.45, 7) is 8.88. The van der Waals surface area contributed by atoms with Crippen LogP contribution in [0.3, 0.4) is 0 Å². The molecule has 0 aromatic heterocycles. The second-order valence-electron chi connectivity index (χ2n) is 6.65. The third-order valence-electron chi connectivity index (χ3n) is 3.29. The fraction of sp³-hybridized carbons (Fsp3) is 0.600. The summed E-state index contributed by atoms with van der Waals surface area (Å²) >= 11 is 9.50. The second kappa shape index (κ2) is 5.27. The Morgan fingerprint density at radius 1 is 1.16 bits per heavy atom. The van der Waals surface area contributed by atoms with E-state index < -0.39 is 0 Å². The van der Waals surface area contributed by atoms with Crippen molar-refractivity contribution >= 4 is 27.5 Å². The number of benzene rings is 1. The smallest absolute Gasteiger partial charge is 0.122 e. The summed E-state index contributed by atoms with van der Waals surface area (Å²) in [6, 6.07) is 5.70. The lowest BCUT2D eigenvalue weighted by molar-refractivity contribution is 0.0559. The van der Waals surface area contributed by atoms with E-state index in [0.29, 0.717) is 5.02 Å². The van der Waals surface area contributed by atoms with Gasteiger partial charge in [-0.1, -0.05) is 27.5 Å². The Bertz CT molecular complexity index is 437. The quantitative estimate of drug-likeness (QED) is 0.831. The monoisotopic (exact) mass is 345 g/mol. The van der Waals surface area contributed by atoms with Crippen molar-refractivity contribution in [3.63, 3.8) is 0 Å². The molecule has 4 heteroatoms. The Balaban J connectivity index is 2.14. The minimum Gasteiger partial charge on any atom is -0.490 e. The number of ether oxygens (including phenoxy) is 1. The molecule has 1 saturated heterocycles. The summed E-state index contributed by atoms with van der Waals surface area (Å²) in [6.07, 6.45) is 2.18. The third kappa shape index (κ3) is 4.37. The Kier molecular flexibility index (Phi) is 4.20. The Morgan fingerprint density at radius 3 is 2.26 bits per heavy atom. The van der Waals surface area contributed by atoms with Crippen LogP contribution in [0.25, 0.3) is 0 Å². The molecule has 0 amide bonds. The van der Waals surface area contributed by atoms with E-state index in [1.54, 1.807) is 0 Å². The van der Waals surface area contributed by atoms with Gasteiger partial charge < -0.3 is 10.1 Å². The van der Waals surface area contributed by atoms with Gasteiger partial charge in [-0.25, -0.2) is 0 Å². The first kappa shape index (κ1) is 15.1. The molecular weight excluding hydrogens is 326 g/mol. The Morgan fingerprint density at radius 2 is 1.74 bits per heavy atom. The highest BCUT2D eigenvalue weighted by molar-refractivity contribution is 9.10. The maximum absolute atomic E-state index is 6.13. The largest absolute Gasteiger partial charge is 0.490 e. The van der Waals surface area contributed by atoms with Gasteiger partial charge in [0.15, 0.2) is 0 Å². The van der Waals surface area contributed by atoms with Gasteiger partial charge in [-0.3, -0.25) is 0 Å². The predicted molar refractivity (Wildman–Crippen MR) is 84.1 cm³/mol. The van der Waals surface area contributed by atoms with E-state index in [2.05, 4.69) is 48.9 Å². The van der Waals surface area contributed by atoms with Gasteiger partial charge in [-0.15, -0.1) is 0 Å². The molecule has 2 nitrogen and oxygen atoms in total. The molecule has 19 heavy (non-hydrogen) atoms. The zero-order chi connectivity index (χ0) is 14.3. The van der Waals surface area contributed by atoms with E-state index in [9.17, 15) is 0 Å². The van der Waals surface area contributed by atoms with Crippen molar-refractivity contribution < 1.29 is 4.74 Å². The topological polar surface area (TPSA) is 21.3 Å². The molecule has 0 bridgehead atoms. The number of nitrogens with one attached hydrogen (secondary N) is 1. The van der Waals surface area contributed by atoms with E-state index in [1.165, 1.54) is 0 Å². The average Bonchev–Trinajstić information content (AvgIpc) is 2.08. The fourth-order valence-corrected chi connectivity index (χ4v) is 3.93. The maximum atomic E-state index is 6.13. The normalized spacial score (nSPS) is 22.2. The molecule has 0 unspecified atom stereocenters. The fourth-order valence-electron chi connectivity index (χ4n) is 3.10. The van der Waals surface area contributed by atoms with Crippen LogP contribution >= 0.6 is 27.5 Å². The molecule has 0 spiro atoms. The number of halogens is 2. The summed E-state index contributed by atoms with van der Waals surface area (Å²) in [5, 5.41) is 4.35. The minimum absolute atomic E-state index is 0.0855. The summed E-state index contributed by atoms with van der Waals surface area (Å²) in [4.78, 5) is 0. The lowest BCUT2D eigenvalue weighted by atomic mass is 9.81. The van der Waals surface area contributed by atoms with Gasteiger partial charge >= 0.3 is 0 Å². The molecule has 0 aliphatic carbocycles. The van der Waals surface area contributed by atoms with E-state index >= 15 is 0 Å². The summed E-state index contributed by atoms with van der Waals surface area (Å²) in [5.41, 5.74) is 0.171. The minimum atomic E-state index is 0.0855. The molecule has 1 fully saturated rings. The Labute approximate surface area is 129 Å². The van der Waals surface area contributed by atoms with Crippen LogP contribution in [-0.4, -0.2) is 17.2 Å². The van der Waals surface area contributed by atoms with Gasteiger partial charge in [-0.05, 0) is 45.9 Å². The summed E-state index contributed by atoms with van der Waals surface area (Å²) < 4.78 is 7.08. The van der Waals surface area contributed by atoms with Crippen molar-refractivity contribution in [3.8, 4) is 5.75 Å². The van der Waals surface area contributed by atoms with Gasteiger partial charge in [0.25, 0.3) is 0 Å². The third-order valence-corrected chi connectivity index (χ3v) is 3.97. The van der Waals surface area contributed by atoms with Crippen molar-refractivity contribution in [1.82, 2.24) is 5.32 Å². The molecule has 1 heterocycles. The summed E-state index contributed by atoms with van der Waals surface area (Å²) in [5.74, 6) is 0.831. The number of rotatable bonds is 2. The molecule has 1 N–H and O–H groups in total. The molecular formula is C15H21BrClNO. The SMILES string of the molecule is CC1(C)CC(Oc2cc(Cl)cc(Br)c2)CC(C)(C)N1. The number of hydrogen-bond donors (Lipinski definition) is 1. The zero-order valence-corrected chi connectivity index (χ0v) is 14.2. The van der Waals surface area contributed by atoms with Crippen molar-refractivity contribution in [3.05, 3.63) is 27.7 Å². The number of piperidine rings is 1. The van der Waals surface area contributed by atoms with Crippen molar-refractivity contribution in [1.29, 1.82) is 0 Å². The predicted octanol–water partition coefficient (Wildman–Crippen LogP) is 4.79. The lowest BCUT2D eigenvalue weighted by Crippen LogP contribution is -2.60. The second-order valence-corrected chi connectivity index (χ2v) is 8.00. The van der Waals surface area contributed by atoms with Crippen LogP contribution in [0, 0.1) is 0 Å². The van der Waals surface area contributed by atoms with Crippen LogP contribution in [-0.2, 0) is 0 Å². The highest BCUT2D eigenvalue weighted by Crippen LogP contribution is 2.33.